The number of nitrogens with zero attached hydrogens (tertiary/aromatic N) is 2. The Kier molecular flexibility index (Phi) is 2.76. The lowest BCUT2D eigenvalue weighted by atomic mass is 10.1. The van der Waals surface area contributed by atoms with Gasteiger partial charge in [-0.1, -0.05) is 17.3 Å². The van der Waals surface area contributed by atoms with Gasteiger partial charge in [0.25, 0.3) is 0 Å². The van der Waals surface area contributed by atoms with Crippen LogP contribution in [0.25, 0.3) is 11.0 Å². The molecule has 2 aromatic rings. The summed E-state index contributed by atoms with van der Waals surface area (Å²) in [4.78, 5) is 13.9. The van der Waals surface area contributed by atoms with Gasteiger partial charge < -0.3 is 9.42 Å². The Labute approximate surface area is 103 Å². The van der Waals surface area contributed by atoms with Crippen molar-refractivity contribution in [2.45, 2.75) is 6.42 Å². The molecule has 0 radical (unpaired) electrons. The number of thioether (sulfide) groups is 1. The van der Waals surface area contributed by atoms with Gasteiger partial charge in [0.1, 0.15) is 5.69 Å². The molecule has 4 nitrogen and oxygen atoms in total. The minimum Gasteiger partial charge on any atom is -0.356 e. The SMILES string of the molecule is O=C(Cc1noc2ccccc12)N1CCSC1. The predicted molar refractivity (Wildman–Crippen MR) is 66.8 cm³/mol. The summed E-state index contributed by atoms with van der Waals surface area (Å²) in [6, 6.07) is 7.63. The van der Waals surface area contributed by atoms with Gasteiger partial charge in [-0.25, -0.2) is 0 Å². The molecular formula is C12H12N2O2S. The third kappa shape index (κ3) is 2.02. The molecule has 0 atom stereocenters. The third-order valence-electron chi connectivity index (χ3n) is 2.88. The summed E-state index contributed by atoms with van der Waals surface area (Å²) in [6.45, 7) is 0.847. The Bertz CT molecular complexity index is 546. The summed E-state index contributed by atoms with van der Waals surface area (Å²) in [5.41, 5.74) is 1.48. The van der Waals surface area contributed by atoms with E-state index in [1.807, 2.05) is 29.2 Å². The van der Waals surface area contributed by atoms with Crippen LogP contribution in [-0.2, 0) is 11.2 Å². The molecule has 0 N–H and O–H groups in total. The van der Waals surface area contributed by atoms with Gasteiger partial charge in [-0.3, -0.25) is 4.79 Å². The standard InChI is InChI=1S/C12H12N2O2S/c15-12(14-5-6-17-8-14)7-10-9-3-1-2-4-11(9)16-13-10/h1-4H,5-8H2. The van der Waals surface area contributed by atoms with Crippen molar-refractivity contribution < 1.29 is 9.32 Å². The third-order valence-corrected chi connectivity index (χ3v) is 3.84. The van der Waals surface area contributed by atoms with Crippen molar-refractivity contribution in [1.82, 2.24) is 10.1 Å². The van der Waals surface area contributed by atoms with Crippen molar-refractivity contribution in [2.75, 3.05) is 18.2 Å². The molecule has 17 heavy (non-hydrogen) atoms. The van der Waals surface area contributed by atoms with Crippen LogP contribution in [0.4, 0.5) is 0 Å². The molecule has 2 heterocycles. The maximum absolute atomic E-state index is 12.0. The predicted octanol–water partition coefficient (Wildman–Crippen LogP) is 1.90. The fourth-order valence-electron chi connectivity index (χ4n) is 1.93. The molecule has 1 fully saturated rings. The summed E-state index contributed by atoms with van der Waals surface area (Å²) in [6.07, 6.45) is 0.331. The number of aromatic nitrogens is 1. The molecule has 1 aliphatic heterocycles. The number of para-hydroxylation sites is 1. The zero-order valence-electron chi connectivity index (χ0n) is 9.26. The molecule has 1 saturated heterocycles. The highest BCUT2D eigenvalue weighted by atomic mass is 32.2. The van der Waals surface area contributed by atoms with E-state index in [1.165, 1.54) is 0 Å². The number of carbonyl (C=O) groups excluding carboxylic acids is 1. The number of hydrogen-bond donors (Lipinski definition) is 0. The van der Waals surface area contributed by atoms with Crippen LogP contribution in [0.3, 0.4) is 0 Å². The molecule has 0 spiro atoms. The molecule has 0 saturated carbocycles. The van der Waals surface area contributed by atoms with E-state index in [-0.39, 0.29) is 5.91 Å². The minimum absolute atomic E-state index is 0.133. The van der Waals surface area contributed by atoms with Crippen molar-refractivity contribution in [3.05, 3.63) is 30.0 Å². The summed E-state index contributed by atoms with van der Waals surface area (Å²) in [5, 5.41) is 4.92. The van der Waals surface area contributed by atoms with E-state index in [9.17, 15) is 4.79 Å². The van der Waals surface area contributed by atoms with Crippen LogP contribution in [0.2, 0.25) is 0 Å². The van der Waals surface area contributed by atoms with Gasteiger partial charge in [0.15, 0.2) is 5.58 Å². The maximum atomic E-state index is 12.0. The van der Waals surface area contributed by atoms with Crippen molar-refractivity contribution >= 4 is 28.6 Å². The average Bonchev–Trinajstić information content (AvgIpc) is 2.98. The maximum Gasteiger partial charge on any atom is 0.229 e. The van der Waals surface area contributed by atoms with Crippen LogP contribution in [-0.4, -0.2) is 34.1 Å². The van der Waals surface area contributed by atoms with Crippen LogP contribution in [0.15, 0.2) is 28.8 Å². The number of hydrogen-bond acceptors (Lipinski definition) is 4. The fraction of sp³-hybridized carbons (Fsp3) is 0.333. The molecule has 0 unspecified atom stereocenters. The van der Waals surface area contributed by atoms with Gasteiger partial charge in [0.2, 0.25) is 5.91 Å². The normalized spacial score (nSPS) is 15.6. The van der Waals surface area contributed by atoms with Crippen LogP contribution < -0.4 is 0 Å². The van der Waals surface area contributed by atoms with Crippen LogP contribution in [0.1, 0.15) is 5.69 Å². The Morgan fingerprint density at radius 2 is 2.35 bits per heavy atom. The second-order valence-electron chi connectivity index (χ2n) is 4.00. The van der Waals surface area contributed by atoms with Crippen molar-refractivity contribution in [2.24, 2.45) is 0 Å². The highest BCUT2D eigenvalue weighted by Gasteiger charge is 2.20. The Hall–Kier alpha value is -1.49. The molecular weight excluding hydrogens is 236 g/mol. The summed E-state index contributed by atoms with van der Waals surface area (Å²) < 4.78 is 5.19. The van der Waals surface area contributed by atoms with Crippen molar-refractivity contribution in [3.8, 4) is 0 Å². The van der Waals surface area contributed by atoms with Crippen molar-refractivity contribution in [3.63, 3.8) is 0 Å². The summed E-state index contributed by atoms with van der Waals surface area (Å²) >= 11 is 1.79. The molecule has 1 aromatic heterocycles. The number of amides is 1. The van der Waals surface area contributed by atoms with E-state index in [4.69, 9.17) is 4.52 Å². The Morgan fingerprint density at radius 3 is 3.18 bits per heavy atom. The zero-order chi connectivity index (χ0) is 11.7. The molecule has 0 aliphatic carbocycles. The van der Waals surface area contributed by atoms with Crippen LogP contribution in [0.5, 0.6) is 0 Å². The topological polar surface area (TPSA) is 46.3 Å². The molecule has 3 rings (SSSR count). The lowest BCUT2D eigenvalue weighted by Crippen LogP contribution is -2.29. The molecule has 0 bridgehead atoms. The lowest BCUT2D eigenvalue weighted by Gasteiger charge is -2.12. The van der Waals surface area contributed by atoms with E-state index in [0.717, 1.165) is 34.8 Å². The highest BCUT2D eigenvalue weighted by Crippen LogP contribution is 2.20. The Morgan fingerprint density at radius 1 is 1.47 bits per heavy atom. The van der Waals surface area contributed by atoms with Crippen molar-refractivity contribution in [1.29, 1.82) is 0 Å². The second kappa shape index (κ2) is 4.41. The quantitative estimate of drug-likeness (QED) is 0.814. The second-order valence-corrected chi connectivity index (χ2v) is 5.07. The van der Waals surface area contributed by atoms with Crippen LogP contribution >= 0.6 is 11.8 Å². The van der Waals surface area contributed by atoms with Gasteiger partial charge in [0, 0.05) is 17.7 Å². The van der Waals surface area contributed by atoms with E-state index >= 15 is 0 Å². The average molecular weight is 248 g/mol. The monoisotopic (exact) mass is 248 g/mol. The molecule has 88 valence electrons. The van der Waals surface area contributed by atoms with Gasteiger partial charge in [-0.2, -0.15) is 0 Å². The van der Waals surface area contributed by atoms with Gasteiger partial charge in [0.05, 0.1) is 12.3 Å². The molecule has 1 aromatic carbocycles. The van der Waals surface area contributed by atoms with E-state index in [0.29, 0.717) is 6.42 Å². The fourth-order valence-corrected chi connectivity index (χ4v) is 2.90. The first-order valence-corrected chi connectivity index (χ1v) is 6.69. The molecule has 5 heteroatoms. The summed E-state index contributed by atoms with van der Waals surface area (Å²) in [7, 11) is 0. The smallest absolute Gasteiger partial charge is 0.229 e. The van der Waals surface area contributed by atoms with Gasteiger partial charge >= 0.3 is 0 Å². The van der Waals surface area contributed by atoms with Crippen LogP contribution in [0, 0.1) is 0 Å². The zero-order valence-corrected chi connectivity index (χ0v) is 10.1. The first kappa shape index (κ1) is 10.7. The summed E-state index contributed by atoms with van der Waals surface area (Å²) in [5.74, 6) is 1.97. The molecule has 1 amide bonds. The first-order chi connectivity index (χ1) is 8.34. The minimum atomic E-state index is 0.133. The number of benzene rings is 1. The number of carbonyl (C=O) groups is 1. The first-order valence-electron chi connectivity index (χ1n) is 5.53. The molecule has 1 aliphatic rings. The largest absolute Gasteiger partial charge is 0.356 e. The van der Waals surface area contributed by atoms with E-state index in [1.54, 1.807) is 11.8 Å². The van der Waals surface area contributed by atoms with E-state index < -0.39 is 0 Å². The number of fused-ring (bicyclic) bond motifs is 1. The van der Waals surface area contributed by atoms with Gasteiger partial charge in [-0.05, 0) is 12.1 Å². The highest BCUT2D eigenvalue weighted by molar-refractivity contribution is 7.99. The van der Waals surface area contributed by atoms with E-state index in [2.05, 4.69) is 5.16 Å². The van der Waals surface area contributed by atoms with Gasteiger partial charge in [-0.15, -0.1) is 11.8 Å². The Balaban J connectivity index is 1.82. The number of rotatable bonds is 2. The lowest BCUT2D eigenvalue weighted by molar-refractivity contribution is -0.129.